The summed E-state index contributed by atoms with van der Waals surface area (Å²) in [6.45, 7) is -0.694. The number of benzene rings is 2. The number of halogens is 2. The molecule has 2 N–H and O–H groups in total. The van der Waals surface area contributed by atoms with Crippen LogP contribution in [0.3, 0.4) is 0 Å². The van der Waals surface area contributed by atoms with E-state index in [1.165, 1.54) is 12.1 Å². The van der Waals surface area contributed by atoms with Gasteiger partial charge in [-0.1, -0.05) is 18.2 Å². The van der Waals surface area contributed by atoms with Gasteiger partial charge in [-0.25, -0.2) is 0 Å². The summed E-state index contributed by atoms with van der Waals surface area (Å²) in [4.78, 5) is 10.1. The van der Waals surface area contributed by atoms with E-state index < -0.39 is 23.0 Å². The van der Waals surface area contributed by atoms with Crippen molar-refractivity contribution in [3.8, 4) is 5.75 Å². The number of nitrogens with zero attached hydrogens (tertiary/aromatic N) is 1. The number of para-hydroxylation sites is 1. The van der Waals surface area contributed by atoms with Crippen LogP contribution < -0.4 is 15.4 Å². The first kappa shape index (κ1) is 17.5. The molecule has 6 nitrogen and oxygen atoms in total. The van der Waals surface area contributed by atoms with Crippen LogP contribution in [0.5, 0.6) is 5.75 Å². The van der Waals surface area contributed by atoms with Gasteiger partial charge in [0.15, 0.2) is 0 Å². The maximum atomic E-state index is 12.4. The lowest BCUT2D eigenvalue weighted by atomic mass is 10.2. The maximum Gasteiger partial charge on any atom is 0.387 e. The minimum absolute atomic E-state index is 0.0436. The maximum absolute atomic E-state index is 12.4. The van der Waals surface area contributed by atoms with Crippen LogP contribution in [0.25, 0.3) is 0 Å². The Morgan fingerprint density at radius 2 is 1.88 bits per heavy atom. The Hall–Kier alpha value is -2.90. The lowest BCUT2D eigenvalue weighted by Gasteiger charge is -2.17. The first-order valence-corrected chi connectivity index (χ1v) is 7.24. The first-order chi connectivity index (χ1) is 11.5. The number of nitro groups is 1. The molecule has 2 aromatic rings. The monoisotopic (exact) mass is 337 g/mol. The van der Waals surface area contributed by atoms with E-state index in [0.717, 1.165) is 11.8 Å². The Bertz CT molecular complexity index is 684. The Balaban J connectivity index is 2.00. The molecule has 24 heavy (non-hydrogen) atoms. The largest absolute Gasteiger partial charge is 0.427 e. The van der Waals surface area contributed by atoms with Crippen LogP contribution in [0.15, 0.2) is 48.5 Å². The van der Waals surface area contributed by atoms with E-state index in [1.54, 1.807) is 0 Å². The first-order valence-electron chi connectivity index (χ1n) is 7.24. The second-order valence-electron chi connectivity index (χ2n) is 5.11. The second-order valence-corrected chi connectivity index (χ2v) is 5.11. The second kappa shape index (κ2) is 8.09. The summed E-state index contributed by atoms with van der Waals surface area (Å²) < 4.78 is 29.0. The van der Waals surface area contributed by atoms with Gasteiger partial charge in [0.05, 0.1) is 4.92 Å². The summed E-state index contributed by atoms with van der Waals surface area (Å²) in [5.41, 5.74) is 0.909. The van der Waals surface area contributed by atoms with Crippen LogP contribution in [0, 0.1) is 10.1 Å². The van der Waals surface area contributed by atoms with Gasteiger partial charge < -0.3 is 15.4 Å². The zero-order chi connectivity index (χ0) is 17.5. The molecule has 0 aliphatic heterocycles. The minimum atomic E-state index is -3.13. The van der Waals surface area contributed by atoms with E-state index >= 15 is 0 Å². The minimum Gasteiger partial charge on any atom is -0.427 e. The molecule has 0 aromatic heterocycles. The fourth-order valence-corrected chi connectivity index (χ4v) is 2.11. The third-order valence-corrected chi connectivity index (χ3v) is 3.17. The van der Waals surface area contributed by atoms with Gasteiger partial charge in [-0.3, -0.25) is 10.1 Å². The van der Waals surface area contributed by atoms with Crippen molar-refractivity contribution in [2.45, 2.75) is 19.6 Å². The third kappa shape index (κ3) is 5.08. The molecule has 0 saturated carbocycles. The topological polar surface area (TPSA) is 76.4 Å². The smallest absolute Gasteiger partial charge is 0.387 e. The van der Waals surface area contributed by atoms with Gasteiger partial charge in [0.1, 0.15) is 0 Å². The summed E-state index contributed by atoms with van der Waals surface area (Å²) in [7, 11) is 0. The molecule has 0 spiro atoms. The van der Waals surface area contributed by atoms with Gasteiger partial charge in [0.2, 0.25) is 5.75 Å². The van der Waals surface area contributed by atoms with Crippen molar-refractivity contribution in [2.24, 2.45) is 0 Å². The van der Waals surface area contributed by atoms with Gasteiger partial charge >= 0.3 is 12.3 Å². The lowest BCUT2D eigenvalue weighted by molar-refractivity contribution is -0.386. The number of nitro benzene ring substituents is 1. The molecule has 0 amide bonds. The average molecular weight is 337 g/mol. The van der Waals surface area contributed by atoms with E-state index in [1.807, 2.05) is 37.3 Å². The van der Waals surface area contributed by atoms with Gasteiger partial charge in [-0.15, -0.1) is 0 Å². The summed E-state index contributed by atoms with van der Waals surface area (Å²) in [5, 5.41) is 17.1. The number of ether oxygens (including phenoxy) is 1. The van der Waals surface area contributed by atoms with Gasteiger partial charge in [0, 0.05) is 36.1 Å². The van der Waals surface area contributed by atoms with Crippen molar-refractivity contribution in [1.82, 2.24) is 0 Å². The molecule has 8 heteroatoms. The predicted octanol–water partition coefficient (Wildman–Crippen LogP) is 4.11. The van der Waals surface area contributed by atoms with Crippen LogP contribution in [0.1, 0.15) is 6.92 Å². The van der Waals surface area contributed by atoms with Crippen molar-refractivity contribution >= 4 is 17.1 Å². The normalized spacial score (nSPS) is 11.8. The molecule has 2 aromatic carbocycles. The highest BCUT2D eigenvalue weighted by atomic mass is 19.3. The molecule has 0 aliphatic rings. The number of hydrogen-bond acceptors (Lipinski definition) is 5. The van der Waals surface area contributed by atoms with Crippen molar-refractivity contribution in [3.05, 3.63) is 58.6 Å². The molecule has 2 rings (SSSR count). The molecular weight excluding hydrogens is 320 g/mol. The average Bonchev–Trinajstić information content (AvgIpc) is 2.53. The molecule has 0 fully saturated rings. The lowest BCUT2D eigenvalue weighted by Crippen LogP contribution is -2.24. The summed E-state index contributed by atoms with van der Waals surface area (Å²) in [6.07, 6.45) is 0. The molecule has 0 radical (unpaired) electrons. The zero-order valence-corrected chi connectivity index (χ0v) is 12.9. The Kier molecular flexibility index (Phi) is 5.89. The quantitative estimate of drug-likeness (QED) is 0.560. The fourth-order valence-electron chi connectivity index (χ4n) is 2.11. The SMILES string of the molecule is CC(CNc1ccc([N+](=O)[O-])c(OC(F)F)c1)Nc1ccccc1. The Morgan fingerprint density at radius 3 is 2.50 bits per heavy atom. The molecule has 0 aliphatic carbocycles. The van der Waals surface area contributed by atoms with E-state index in [2.05, 4.69) is 15.4 Å². The van der Waals surface area contributed by atoms with Crippen LogP contribution >= 0.6 is 0 Å². The number of alkyl halides is 2. The van der Waals surface area contributed by atoms with Crippen LogP contribution in [0.2, 0.25) is 0 Å². The fraction of sp³-hybridized carbons (Fsp3) is 0.250. The van der Waals surface area contributed by atoms with E-state index in [4.69, 9.17) is 0 Å². The third-order valence-electron chi connectivity index (χ3n) is 3.17. The van der Waals surface area contributed by atoms with E-state index in [9.17, 15) is 18.9 Å². The Labute approximate surface area is 137 Å². The number of nitrogens with one attached hydrogen (secondary N) is 2. The van der Waals surface area contributed by atoms with Crippen LogP contribution in [-0.4, -0.2) is 24.1 Å². The molecule has 0 saturated heterocycles. The highest BCUT2D eigenvalue weighted by molar-refractivity contribution is 5.58. The standard InChI is InChI=1S/C16H17F2N3O3/c1-11(20-12-5-3-2-4-6-12)10-19-13-7-8-14(21(22)23)15(9-13)24-16(17)18/h2-9,11,16,19-20H,10H2,1H3. The molecule has 0 bridgehead atoms. The van der Waals surface area contributed by atoms with Crippen molar-refractivity contribution in [1.29, 1.82) is 0 Å². The Morgan fingerprint density at radius 1 is 1.17 bits per heavy atom. The molecule has 1 atom stereocenters. The highest BCUT2D eigenvalue weighted by Gasteiger charge is 2.19. The molecule has 0 heterocycles. The van der Waals surface area contributed by atoms with Gasteiger partial charge in [-0.05, 0) is 25.1 Å². The van der Waals surface area contributed by atoms with Crippen molar-refractivity contribution < 1.29 is 18.4 Å². The number of rotatable bonds is 8. The number of hydrogen-bond donors (Lipinski definition) is 2. The van der Waals surface area contributed by atoms with Gasteiger partial charge in [0.25, 0.3) is 0 Å². The van der Waals surface area contributed by atoms with Gasteiger partial charge in [-0.2, -0.15) is 8.78 Å². The van der Waals surface area contributed by atoms with Crippen molar-refractivity contribution in [2.75, 3.05) is 17.2 Å². The van der Waals surface area contributed by atoms with Crippen LogP contribution in [-0.2, 0) is 0 Å². The van der Waals surface area contributed by atoms with Crippen molar-refractivity contribution in [3.63, 3.8) is 0 Å². The van der Waals surface area contributed by atoms with Crippen LogP contribution in [0.4, 0.5) is 25.8 Å². The predicted molar refractivity (Wildman–Crippen MR) is 87.7 cm³/mol. The molecule has 128 valence electrons. The molecule has 1 unspecified atom stereocenters. The van der Waals surface area contributed by atoms with E-state index in [0.29, 0.717) is 12.2 Å². The molecular formula is C16H17F2N3O3. The summed E-state index contributed by atoms with van der Waals surface area (Å²) in [6, 6.07) is 13.4. The zero-order valence-electron chi connectivity index (χ0n) is 12.9. The summed E-state index contributed by atoms with van der Waals surface area (Å²) >= 11 is 0. The number of anilines is 2. The van der Waals surface area contributed by atoms with E-state index in [-0.39, 0.29) is 6.04 Å². The summed E-state index contributed by atoms with van der Waals surface area (Å²) in [5.74, 6) is -0.469. The highest BCUT2D eigenvalue weighted by Crippen LogP contribution is 2.31.